The lowest BCUT2D eigenvalue weighted by molar-refractivity contribution is 0.0943. The third-order valence-electron chi connectivity index (χ3n) is 2.48. The molecule has 0 saturated heterocycles. The monoisotopic (exact) mass is 261 g/mol. The number of benzene rings is 1. The molecule has 1 aromatic carbocycles. The number of hydrogen-bond acceptors (Lipinski definition) is 4. The van der Waals surface area contributed by atoms with Gasteiger partial charge in [-0.3, -0.25) is 4.79 Å². The minimum absolute atomic E-state index is 0.135. The summed E-state index contributed by atoms with van der Waals surface area (Å²) in [5.74, 6) is -1.26. The van der Waals surface area contributed by atoms with Gasteiger partial charge < -0.3 is 10.4 Å². The Morgan fingerprint density at radius 3 is 2.89 bits per heavy atom. The summed E-state index contributed by atoms with van der Waals surface area (Å²) >= 11 is 0. The normalized spacial score (nSPS) is 10.2. The Morgan fingerprint density at radius 2 is 2.21 bits per heavy atom. The van der Waals surface area contributed by atoms with Gasteiger partial charge in [-0.05, 0) is 25.1 Å². The lowest BCUT2D eigenvalue weighted by atomic mass is 10.1. The molecule has 1 heterocycles. The number of phenolic OH excluding ortho intramolecular Hbond substituents is 1. The fraction of sp³-hybridized carbons (Fsp3) is 0.154. The first-order valence-electron chi connectivity index (χ1n) is 5.62. The Balaban J connectivity index is 2.10. The summed E-state index contributed by atoms with van der Waals surface area (Å²) < 4.78 is 13.4. The molecule has 0 spiro atoms. The number of nitrogens with zero attached hydrogens (tertiary/aromatic N) is 2. The number of carbonyl (C=O) groups is 1. The number of carbonyl (C=O) groups excluding carboxylic acids is 1. The molecule has 6 heteroatoms. The number of aryl methyl sites for hydroxylation is 1. The van der Waals surface area contributed by atoms with Crippen LogP contribution in [-0.2, 0) is 6.54 Å². The van der Waals surface area contributed by atoms with Crippen molar-refractivity contribution in [2.75, 3.05) is 0 Å². The third kappa shape index (κ3) is 3.04. The lowest BCUT2D eigenvalue weighted by Gasteiger charge is -2.07. The molecule has 1 aromatic heterocycles. The van der Waals surface area contributed by atoms with Gasteiger partial charge in [-0.15, -0.1) is 0 Å². The highest BCUT2D eigenvalue weighted by molar-refractivity contribution is 5.96. The maximum Gasteiger partial charge on any atom is 0.258 e. The average Bonchev–Trinajstić information content (AvgIpc) is 2.36. The van der Waals surface area contributed by atoms with Crippen molar-refractivity contribution < 1.29 is 14.3 Å². The first kappa shape index (κ1) is 12.9. The standard InChI is InChI=1S/C13H12FN3O2/c1-8-15-6-5-9(17-8)7-16-13(19)12-10(14)3-2-4-11(12)18/h2-6,18H,7H2,1H3,(H,16,19). The zero-order valence-electron chi connectivity index (χ0n) is 10.2. The number of amides is 1. The summed E-state index contributed by atoms with van der Waals surface area (Å²) in [7, 11) is 0. The molecule has 1 amide bonds. The molecule has 0 aliphatic heterocycles. The minimum atomic E-state index is -0.767. The van der Waals surface area contributed by atoms with E-state index in [2.05, 4.69) is 15.3 Å². The predicted molar refractivity (Wildman–Crippen MR) is 66.0 cm³/mol. The van der Waals surface area contributed by atoms with Gasteiger partial charge in [0.25, 0.3) is 5.91 Å². The summed E-state index contributed by atoms with van der Waals surface area (Å²) in [4.78, 5) is 19.8. The molecule has 0 aliphatic rings. The van der Waals surface area contributed by atoms with Gasteiger partial charge in [-0.25, -0.2) is 14.4 Å². The van der Waals surface area contributed by atoms with Gasteiger partial charge in [0, 0.05) is 6.20 Å². The second-order valence-corrected chi connectivity index (χ2v) is 3.91. The Kier molecular flexibility index (Phi) is 3.70. The van der Waals surface area contributed by atoms with Crippen molar-refractivity contribution in [3.8, 4) is 5.75 Å². The number of phenols is 1. The van der Waals surface area contributed by atoms with Crippen LogP contribution in [0.3, 0.4) is 0 Å². The third-order valence-corrected chi connectivity index (χ3v) is 2.48. The van der Waals surface area contributed by atoms with Crippen LogP contribution in [0.25, 0.3) is 0 Å². The van der Waals surface area contributed by atoms with Crippen LogP contribution in [0.4, 0.5) is 4.39 Å². The van der Waals surface area contributed by atoms with Crippen molar-refractivity contribution in [2.24, 2.45) is 0 Å². The highest BCUT2D eigenvalue weighted by Gasteiger charge is 2.16. The quantitative estimate of drug-likeness (QED) is 0.879. The van der Waals surface area contributed by atoms with E-state index in [0.29, 0.717) is 11.5 Å². The molecule has 0 saturated carbocycles. The van der Waals surface area contributed by atoms with Crippen LogP contribution >= 0.6 is 0 Å². The van der Waals surface area contributed by atoms with E-state index < -0.39 is 17.5 Å². The maximum absolute atomic E-state index is 13.4. The minimum Gasteiger partial charge on any atom is -0.507 e. The van der Waals surface area contributed by atoms with E-state index in [-0.39, 0.29) is 12.1 Å². The fourth-order valence-electron chi connectivity index (χ4n) is 1.60. The first-order chi connectivity index (χ1) is 9.08. The summed E-state index contributed by atoms with van der Waals surface area (Å²) in [6.45, 7) is 1.87. The summed E-state index contributed by atoms with van der Waals surface area (Å²) in [5.41, 5.74) is 0.241. The van der Waals surface area contributed by atoms with Crippen molar-refractivity contribution in [3.63, 3.8) is 0 Å². The SMILES string of the molecule is Cc1nccc(CNC(=O)c2c(O)cccc2F)n1. The van der Waals surface area contributed by atoms with E-state index in [1.54, 1.807) is 19.2 Å². The van der Waals surface area contributed by atoms with E-state index in [0.717, 1.165) is 6.07 Å². The number of aromatic hydroxyl groups is 1. The molecular formula is C13H12FN3O2. The summed E-state index contributed by atoms with van der Waals surface area (Å²) in [5, 5.41) is 12.0. The number of hydrogen-bond donors (Lipinski definition) is 2. The molecule has 0 radical (unpaired) electrons. The number of rotatable bonds is 3. The Bertz CT molecular complexity index is 596. The van der Waals surface area contributed by atoms with Crippen LogP contribution in [0, 0.1) is 12.7 Å². The maximum atomic E-state index is 13.4. The van der Waals surface area contributed by atoms with Crippen LogP contribution in [0.1, 0.15) is 21.9 Å². The molecule has 2 N–H and O–H groups in total. The molecule has 2 rings (SSSR count). The molecular weight excluding hydrogens is 249 g/mol. The van der Waals surface area contributed by atoms with Crippen molar-refractivity contribution in [1.29, 1.82) is 0 Å². The largest absolute Gasteiger partial charge is 0.507 e. The molecule has 0 fully saturated rings. The van der Waals surface area contributed by atoms with Gasteiger partial charge in [0.1, 0.15) is 23.0 Å². The topological polar surface area (TPSA) is 75.1 Å². The number of aromatic nitrogens is 2. The van der Waals surface area contributed by atoms with Gasteiger partial charge in [0.2, 0.25) is 0 Å². The second-order valence-electron chi connectivity index (χ2n) is 3.91. The van der Waals surface area contributed by atoms with E-state index in [9.17, 15) is 14.3 Å². The molecule has 0 atom stereocenters. The van der Waals surface area contributed by atoms with Crippen molar-refractivity contribution >= 4 is 5.91 Å². The van der Waals surface area contributed by atoms with Gasteiger partial charge >= 0.3 is 0 Å². The molecule has 98 valence electrons. The van der Waals surface area contributed by atoms with Gasteiger partial charge in [-0.1, -0.05) is 6.07 Å². The molecule has 19 heavy (non-hydrogen) atoms. The summed E-state index contributed by atoms with van der Waals surface area (Å²) in [6.07, 6.45) is 1.57. The molecule has 5 nitrogen and oxygen atoms in total. The first-order valence-corrected chi connectivity index (χ1v) is 5.62. The van der Waals surface area contributed by atoms with Crippen molar-refractivity contribution in [2.45, 2.75) is 13.5 Å². The second kappa shape index (κ2) is 5.43. The van der Waals surface area contributed by atoms with Gasteiger partial charge in [0.15, 0.2) is 0 Å². The highest BCUT2D eigenvalue weighted by Crippen LogP contribution is 2.19. The van der Waals surface area contributed by atoms with Crippen LogP contribution in [0.2, 0.25) is 0 Å². The molecule has 0 bridgehead atoms. The lowest BCUT2D eigenvalue weighted by Crippen LogP contribution is -2.24. The van der Waals surface area contributed by atoms with E-state index >= 15 is 0 Å². The van der Waals surface area contributed by atoms with Crippen LogP contribution in [0.5, 0.6) is 5.75 Å². The fourth-order valence-corrected chi connectivity index (χ4v) is 1.60. The van der Waals surface area contributed by atoms with Crippen LogP contribution in [-0.4, -0.2) is 21.0 Å². The number of nitrogens with one attached hydrogen (secondary N) is 1. The van der Waals surface area contributed by atoms with Crippen LogP contribution < -0.4 is 5.32 Å². The molecule has 2 aromatic rings. The Morgan fingerprint density at radius 1 is 1.42 bits per heavy atom. The Labute approximate surface area is 109 Å². The highest BCUT2D eigenvalue weighted by atomic mass is 19.1. The van der Waals surface area contributed by atoms with Crippen molar-refractivity contribution in [1.82, 2.24) is 15.3 Å². The summed E-state index contributed by atoms with van der Waals surface area (Å²) in [6, 6.07) is 5.35. The molecule has 0 aliphatic carbocycles. The zero-order valence-corrected chi connectivity index (χ0v) is 10.2. The van der Waals surface area contributed by atoms with E-state index in [1.165, 1.54) is 12.1 Å². The number of halogens is 1. The smallest absolute Gasteiger partial charge is 0.258 e. The van der Waals surface area contributed by atoms with Crippen LogP contribution in [0.15, 0.2) is 30.5 Å². The van der Waals surface area contributed by atoms with Gasteiger partial charge in [-0.2, -0.15) is 0 Å². The van der Waals surface area contributed by atoms with Gasteiger partial charge in [0.05, 0.1) is 12.2 Å². The van der Waals surface area contributed by atoms with E-state index in [1.807, 2.05) is 0 Å². The zero-order chi connectivity index (χ0) is 13.8. The van der Waals surface area contributed by atoms with E-state index in [4.69, 9.17) is 0 Å². The van der Waals surface area contributed by atoms with Crippen molar-refractivity contribution in [3.05, 3.63) is 53.4 Å². The molecule has 0 unspecified atom stereocenters. The predicted octanol–water partition coefficient (Wildman–Crippen LogP) is 1.56. The average molecular weight is 261 g/mol. The Hall–Kier alpha value is -2.50.